The Hall–Kier alpha value is -0.420. The topological polar surface area (TPSA) is 47.3 Å². The minimum atomic E-state index is -0.131. The highest BCUT2D eigenvalue weighted by atomic mass is 32.1. The molecule has 108 valence electrons. The van der Waals surface area contributed by atoms with E-state index in [-0.39, 0.29) is 11.6 Å². The molecule has 19 heavy (non-hydrogen) atoms. The Morgan fingerprint density at radius 3 is 2.53 bits per heavy atom. The van der Waals surface area contributed by atoms with Crippen LogP contribution in [0.15, 0.2) is 11.4 Å². The molecule has 1 aromatic heterocycles. The van der Waals surface area contributed by atoms with Crippen LogP contribution in [0.4, 0.5) is 0 Å². The van der Waals surface area contributed by atoms with Gasteiger partial charge in [-0.3, -0.25) is 11.3 Å². The summed E-state index contributed by atoms with van der Waals surface area (Å²) in [6.45, 7) is 4.97. The van der Waals surface area contributed by atoms with Gasteiger partial charge >= 0.3 is 0 Å². The van der Waals surface area contributed by atoms with Crippen molar-refractivity contribution >= 4 is 11.3 Å². The molecule has 0 radical (unpaired) electrons. The number of nitrogens with two attached hydrogens (primary N) is 1. The highest BCUT2D eigenvalue weighted by Crippen LogP contribution is 2.41. The van der Waals surface area contributed by atoms with Crippen molar-refractivity contribution in [2.24, 2.45) is 5.84 Å². The van der Waals surface area contributed by atoms with E-state index in [0.29, 0.717) is 0 Å². The lowest BCUT2D eigenvalue weighted by atomic mass is 9.83. The molecule has 0 saturated heterocycles. The molecule has 4 heteroatoms. The molecule has 1 aliphatic rings. The van der Waals surface area contributed by atoms with Gasteiger partial charge in [0, 0.05) is 11.5 Å². The van der Waals surface area contributed by atoms with Gasteiger partial charge in [0.1, 0.15) is 0 Å². The molecule has 0 bridgehead atoms. The van der Waals surface area contributed by atoms with E-state index in [9.17, 15) is 0 Å². The molecule has 0 spiro atoms. The van der Waals surface area contributed by atoms with Crippen LogP contribution in [0.2, 0.25) is 0 Å². The van der Waals surface area contributed by atoms with E-state index in [1.165, 1.54) is 36.1 Å². The number of hydrogen-bond donors (Lipinski definition) is 2. The van der Waals surface area contributed by atoms with Gasteiger partial charge in [-0.25, -0.2) is 0 Å². The first-order chi connectivity index (χ1) is 9.22. The van der Waals surface area contributed by atoms with E-state index < -0.39 is 0 Å². The average Bonchev–Trinajstić information content (AvgIpc) is 2.67. The average molecular weight is 282 g/mol. The van der Waals surface area contributed by atoms with Gasteiger partial charge in [0.2, 0.25) is 0 Å². The molecule has 1 aliphatic carbocycles. The van der Waals surface area contributed by atoms with E-state index in [1.54, 1.807) is 11.3 Å². The standard InChI is InChI=1S/C15H26N2OS/c1-3-18-15(8-6-4-5-7-9-15)14(17-16)13-10-12(2)19-11-13/h10-11,14,17H,3-9,16H2,1-2H3. The fourth-order valence-electron chi connectivity index (χ4n) is 3.30. The van der Waals surface area contributed by atoms with Crippen LogP contribution in [0, 0.1) is 6.92 Å². The Kier molecular flexibility index (Phi) is 5.39. The second kappa shape index (κ2) is 6.84. The molecule has 3 N–H and O–H groups in total. The number of hydrazine groups is 1. The maximum Gasteiger partial charge on any atom is 0.0889 e. The first kappa shape index (κ1) is 15.0. The van der Waals surface area contributed by atoms with Gasteiger partial charge in [0.15, 0.2) is 0 Å². The highest BCUT2D eigenvalue weighted by Gasteiger charge is 2.40. The molecule has 3 nitrogen and oxygen atoms in total. The summed E-state index contributed by atoms with van der Waals surface area (Å²) >= 11 is 1.78. The fourth-order valence-corrected chi connectivity index (χ4v) is 4.03. The van der Waals surface area contributed by atoms with Crippen LogP contribution in [-0.4, -0.2) is 12.2 Å². The largest absolute Gasteiger partial charge is 0.373 e. The number of thiophene rings is 1. The maximum absolute atomic E-state index is 6.23. The smallest absolute Gasteiger partial charge is 0.0889 e. The van der Waals surface area contributed by atoms with E-state index in [2.05, 4.69) is 30.7 Å². The quantitative estimate of drug-likeness (QED) is 0.492. The zero-order valence-corrected chi connectivity index (χ0v) is 12.9. The molecule has 1 atom stereocenters. The number of ether oxygens (including phenoxy) is 1. The molecule has 1 aromatic rings. The summed E-state index contributed by atoms with van der Waals surface area (Å²) in [6.07, 6.45) is 7.31. The van der Waals surface area contributed by atoms with E-state index >= 15 is 0 Å². The second-order valence-corrected chi connectivity index (χ2v) is 6.62. The van der Waals surface area contributed by atoms with Gasteiger partial charge in [-0.05, 0) is 43.7 Å². The van der Waals surface area contributed by atoms with Crippen molar-refractivity contribution in [1.29, 1.82) is 0 Å². The van der Waals surface area contributed by atoms with Crippen molar-refractivity contribution in [3.8, 4) is 0 Å². The van der Waals surface area contributed by atoms with Gasteiger partial charge in [0.25, 0.3) is 0 Å². The Bertz CT molecular complexity index is 383. The SMILES string of the molecule is CCOC1(C(NN)c2csc(C)c2)CCCCCC1. The predicted molar refractivity (Wildman–Crippen MR) is 81.2 cm³/mol. The summed E-state index contributed by atoms with van der Waals surface area (Å²) in [5.41, 5.74) is 4.18. The number of nitrogens with one attached hydrogen (secondary N) is 1. The summed E-state index contributed by atoms with van der Waals surface area (Å²) in [6, 6.07) is 2.34. The highest BCUT2D eigenvalue weighted by molar-refractivity contribution is 7.10. The normalized spacial score (nSPS) is 21.0. The predicted octanol–water partition coefficient (Wildman–Crippen LogP) is 3.69. The number of rotatable bonds is 5. The van der Waals surface area contributed by atoms with Crippen molar-refractivity contribution in [3.05, 3.63) is 21.9 Å². The third kappa shape index (κ3) is 3.37. The lowest BCUT2D eigenvalue weighted by molar-refractivity contribution is -0.0782. The lowest BCUT2D eigenvalue weighted by Crippen LogP contribution is -2.48. The van der Waals surface area contributed by atoms with Crippen LogP contribution < -0.4 is 11.3 Å². The van der Waals surface area contributed by atoms with Crippen LogP contribution in [0.5, 0.6) is 0 Å². The van der Waals surface area contributed by atoms with Crippen LogP contribution in [0.25, 0.3) is 0 Å². The lowest BCUT2D eigenvalue weighted by Gasteiger charge is -2.39. The monoisotopic (exact) mass is 282 g/mol. The Morgan fingerprint density at radius 1 is 1.37 bits per heavy atom. The minimum Gasteiger partial charge on any atom is -0.373 e. The molecule has 1 heterocycles. The summed E-state index contributed by atoms with van der Waals surface area (Å²) in [4.78, 5) is 1.33. The second-order valence-electron chi connectivity index (χ2n) is 5.50. The maximum atomic E-state index is 6.23. The molecule has 0 aromatic carbocycles. The summed E-state index contributed by atoms with van der Waals surface area (Å²) < 4.78 is 6.23. The fraction of sp³-hybridized carbons (Fsp3) is 0.733. The van der Waals surface area contributed by atoms with Gasteiger partial charge in [-0.2, -0.15) is 0 Å². The summed E-state index contributed by atoms with van der Waals surface area (Å²) in [5, 5.41) is 2.21. The number of hydrogen-bond acceptors (Lipinski definition) is 4. The first-order valence-corrected chi connectivity index (χ1v) is 8.25. The van der Waals surface area contributed by atoms with Gasteiger partial charge in [-0.15, -0.1) is 11.3 Å². The van der Waals surface area contributed by atoms with Crippen molar-refractivity contribution < 1.29 is 4.74 Å². The van der Waals surface area contributed by atoms with Crippen LogP contribution in [0.3, 0.4) is 0 Å². The summed E-state index contributed by atoms with van der Waals surface area (Å²) in [7, 11) is 0. The summed E-state index contributed by atoms with van der Waals surface area (Å²) in [5.74, 6) is 5.89. The van der Waals surface area contributed by atoms with Crippen LogP contribution in [-0.2, 0) is 4.74 Å². The molecule has 1 unspecified atom stereocenters. The third-order valence-electron chi connectivity index (χ3n) is 4.16. The molecule has 1 saturated carbocycles. The molecular weight excluding hydrogens is 256 g/mol. The van der Waals surface area contributed by atoms with Crippen molar-refractivity contribution in [2.75, 3.05) is 6.61 Å². The number of aryl methyl sites for hydroxylation is 1. The van der Waals surface area contributed by atoms with Crippen molar-refractivity contribution in [1.82, 2.24) is 5.43 Å². The Labute approximate surface area is 120 Å². The third-order valence-corrected chi connectivity index (χ3v) is 5.04. The van der Waals surface area contributed by atoms with Crippen molar-refractivity contribution in [2.45, 2.75) is 64.0 Å². The van der Waals surface area contributed by atoms with E-state index in [0.717, 1.165) is 19.4 Å². The van der Waals surface area contributed by atoms with Crippen LogP contribution >= 0.6 is 11.3 Å². The van der Waals surface area contributed by atoms with E-state index in [1.807, 2.05) is 0 Å². The molecule has 0 aliphatic heterocycles. The zero-order chi connectivity index (χ0) is 13.7. The molecule has 0 amide bonds. The molecular formula is C15H26N2OS. The van der Waals surface area contributed by atoms with Gasteiger partial charge in [0.05, 0.1) is 11.6 Å². The first-order valence-electron chi connectivity index (χ1n) is 7.37. The Balaban J connectivity index is 2.28. The van der Waals surface area contributed by atoms with Gasteiger partial charge in [-0.1, -0.05) is 25.7 Å². The Morgan fingerprint density at radius 2 is 2.05 bits per heavy atom. The molecule has 1 fully saturated rings. The minimum absolute atomic E-state index is 0.107. The van der Waals surface area contributed by atoms with E-state index in [4.69, 9.17) is 10.6 Å². The zero-order valence-electron chi connectivity index (χ0n) is 12.1. The van der Waals surface area contributed by atoms with Crippen LogP contribution in [0.1, 0.15) is 61.9 Å². The molecule has 2 rings (SSSR count). The van der Waals surface area contributed by atoms with Gasteiger partial charge < -0.3 is 4.74 Å². The van der Waals surface area contributed by atoms with Crippen molar-refractivity contribution in [3.63, 3.8) is 0 Å².